The molecule has 1 atom stereocenters. The summed E-state index contributed by atoms with van der Waals surface area (Å²) in [6.07, 6.45) is -0.164. The maximum Gasteiger partial charge on any atom is 0.258 e. The van der Waals surface area contributed by atoms with E-state index < -0.39 is 23.3 Å². The highest BCUT2D eigenvalue weighted by Gasteiger charge is 2.35. The molecule has 9 nitrogen and oxygen atoms in total. The second-order valence-corrected chi connectivity index (χ2v) is 9.35. The van der Waals surface area contributed by atoms with Crippen molar-refractivity contribution in [1.29, 1.82) is 0 Å². The number of fused-ring (bicyclic) bond motifs is 1. The van der Waals surface area contributed by atoms with Gasteiger partial charge < -0.3 is 20.7 Å². The monoisotopic (exact) mass is 513 g/mol. The number of amides is 2. The van der Waals surface area contributed by atoms with Crippen molar-refractivity contribution in [2.24, 2.45) is 0 Å². The quantitative estimate of drug-likeness (QED) is 0.281. The predicted octanol–water partition coefficient (Wildman–Crippen LogP) is 4.74. The van der Waals surface area contributed by atoms with E-state index in [-0.39, 0.29) is 23.8 Å². The molecule has 5 rings (SSSR count). The molecule has 0 radical (unpaired) electrons. The number of hydrogen-bond acceptors (Lipinski definition) is 7. The maximum absolute atomic E-state index is 13.4. The van der Waals surface area contributed by atoms with Crippen LogP contribution in [0.25, 0.3) is 0 Å². The van der Waals surface area contributed by atoms with Crippen molar-refractivity contribution in [2.45, 2.75) is 22.1 Å². The predicted molar refractivity (Wildman–Crippen MR) is 143 cm³/mol. The van der Waals surface area contributed by atoms with Gasteiger partial charge in [0.2, 0.25) is 17.8 Å². The highest BCUT2D eigenvalue weighted by atomic mass is 32.2. The van der Waals surface area contributed by atoms with Crippen molar-refractivity contribution < 1.29 is 14.3 Å². The van der Waals surface area contributed by atoms with Gasteiger partial charge in [-0.3, -0.25) is 19.4 Å². The van der Waals surface area contributed by atoms with Crippen molar-refractivity contribution in [2.75, 3.05) is 23.1 Å². The summed E-state index contributed by atoms with van der Waals surface area (Å²) in [7, 11) is 1.57. The summed E-state index contributed by atoms with van der Waals surface area (Å²) < 4.78 is 5.15. The van der Waals surface area contributed by atoms with Crippen molar-refractivity contribution in [3.8, 4) is 5.75 Å². The third-order valence-corrected chi connectivity index (χ3v) is 6.82. The molecule has 1 aliphatic rings. The zero-order valence-electron chi connectivity index (χ0n) is 19.8. The fourth-order valence-electron chi connectivity index (χ4n) is 3.96. The molecule has 0 saturated carbocycles. The molecule has 4 N–H and O–H groups in total. The molecule has 37 heavy (non-hydrogen) atoms. The molecule has 0 bridgehead atoms. The zero-order valence-corrected chi connectivity index (χ0v) is 20.6. The van der Waals surface area contributed by atoms with Gasteiger partial charge in [-0.05, 0) is 48.5 Å². The van der Waals surface area contributed by atoms with Crippen LogP contribution in [0.4, 0.5) is 23.1 Å². The van der Waals surface area contributed by atoms with E-state index in [9.17, 15) is 14.4 Å². The van der Waals surface area contributed by atoms with Crippen molar-refractivity contribution in [1.82, 2.24) is 9.97 Å². The molecule has 1 aromatic heterocycles. The number of para-hydroxylation sites is 1. The van der Waals surface area contributed by atoms with Crippen molar-refractivity contribution in [3.63, 3.8) is 0 Å². The molecule has 0 spiro atoms. The molecule has 1 aliphatic heterocycles. The van der Waals surface area contributed by atoms with Gasteiger partial charge in [0, 0.05) is 21.9 Å². The molecule has 4 aromatic rings. The number of aromatic amines is 1. The number of carbonyl (C=O) groups is 2. The third kappa shape index (κ3) is 5.49. The Kier molecular flexibility index (Phi) is 6.91. The van der Waals surface area contributed by atoms with Crippen LogP contribution in [0.2, 0.25) is 0 Å². The van der Waals surface area contributed by atoms with Crippen LogP contribution in [0.1, 0.15) is 17.9 Å². The normalized spacial score (nSPS) is 14.3. The Bertz CT molecular complexity index is 1510. The number of H-pyrrole nitrogens is 1. The van der Waals surface area contributed by atoms with E-state index in [0.29, 0.717) is 17.1 Å². The van der Waals surface area contributed by atoms with Gasteiger partial charge in [-0.1, -0.05) is 42.1 Å². The number of ether oxygens (including phenoxy) is 1. The second-order valence-electron chi connectivity index (χ2n) is 8.24. The molecule has 2 amide bonds. The number of aromatic nitrogens is 2. The summed E-state index contributed by atoms with van der Waals surface area (Å²) in [6.45, 7) is 0. The Hall–Kier alpha value is -4.57. The van der Waals surface area contributed by atoms with Crippen LogP contribution < -0.4 is 26.2 Å². The number of anilines is 4. The fourth-order valence-corrected chi connectivity index (χ4v) is 4.88. The van der Waals surface area contributed by atoms with E-state index in [0.717, 1.165) is 9.79 Å². The van der Waals surface area contributed by atoms with Crippen LogP contribution in [-0.2, 0) is 9.59 Å². The lowest BCUT2D eigenvalue weighted by Crippen LogP contribution is -2.36. The van der Waals surface area contributed by atoms with Gasteiger partial charge in [-0.2, -0.15) is 4.98 Å². The van der Waals surface area contributed by atoms with E-state index in [1.807, 2.05) is 48.5 Å². The number of carbonyl (C=O) groups excluding carboxylic acids is 2. The van der Waals surface area contributed by atoms with Crippen molar-refractivity contribution in [3.05, 3.63) is 94.8 Å². The lowest BCUT2D eigenvalue weighted by molar-refractivity contribution is -0.123. The molecular weight excluding hydrogens is 490 g/mol. The highest BCUT2D eigenvalue weighted by molar-refractivity contribution is 7.99. The van der Waals surface area contributed by atoms with Gasteiger partial charge in [0.05, 0.1) is 24.3 Å². The largest absolute Gasteiger partial charge is 0.497 e. The Morgan fingerprint density at radius 3 is 2.49 bits per heavy atom. The summed E-state index contributed by atoms with van der Waals surface area (Å²) in [4.78, 5) is 47.8. The number of rotatable bonds is 7. The van der Waals surface area contributed by atoms with Gasteiger partial charge in [-0.15, -0.1) is 0 Å². The third-order valence-electron chi connectivity index (χ3n) is 5.74. The lowest BCUT2D eigenvalue weighted by atomic mass is 9.92. The average Bonchev–Trinajstić information content (AvgIpc) is 2.90. The van der Waals surface area contributed by atoms with Gasteiger partial charge in [-0.25, -0.2) is 0 Å². The maximum atomic E-state index is 13.4. The van der Waals surface area contributed by atoms with Crippen LogP contribution in [0.5, 0.6) is 5.75 Å². The second kappa shape index (κ2) is 10.6. The minimum atomic E-state index is -0.996. The SMILES string of the molecule is COc1ccc(Nc2nc3c(c(=O)[nH]2)C(C(=O)Nc2ccccc2Sc2ccccc2)CC(=O)N3)cc1. The van der Waals surface area contributed by atoms with Crippen LogP contribution in [0, 0.1) is 0 Å². The zero-order chi connectivity index (χ0) is 25.8. The first-order chi connectivity index (χ1) is 18.0. The van der Waals surface area contributed by atoms with E-state index in [1.165, 1.54) is 11.8 Å². The average molecular weight is 514 g/mol. The first kappa shape index (κ1) is 24.1. The summed E-state index contributed by atoms with van der Waals surface area (Å²) in [5.41, 5.74) is 0.864. The number of hydrogen-bond donors (Lipinski definition) is 4. The molecule has 2 heterocycles. The van der Waals surface area contributed by atoms with Crippen LogP contribution >= 0.6 is 11.8 Å². The van der Waals surface area contributed by atoms with Crippen LogP contribution in [0.3, 0.4) is 0 Å². The first-order valence-electron chi connectivity index (χ1n) is 11.5. The Balaban J connectivity index is 1.39. The number of nitrogens with one attached hydrogen (secondary N) is 4. The van der Waals surface area contributed by atoms with Gasteiger partial charge >= 0.3 is 0 Å². The first-order valence-corrected chi connectivity index (χ1v) is 12.3. The summed E-state index contributed by atoms with van der Waals surface area (Å²) in [6, 6.07) is 24.2. The van der Waals surface area contributed by atoms with Gasteiger partial charge in [0.1, 0.15) is 11.6 Å². The summed E-state index contributed by atoms with van der Waals surface area (Å²) >= 11 is 1.51. The topological polar surface area (TPSA) is 125 Å². The van der Waals surface area contributed by atoms with E-state index in [1.54, 1.807) is 37.4 Å². The number of benzene rings is 3. The molecule has 0 aliphatic carbocycles. The Labute approximate surface area is 216 Å². The molecule has 10 heteroatoms. The van der Waals surface area contributed by atoms with E-state index in [4.69, 9.17) is 4.74 Å². The highest BCUT2D eigenvalue weighted by Crippen LogP contribution is 2.35. The van der Waals surface area contributed by atoms with E-state index >= 15 is 0 Å². The Morgan fingerprint density at radius 2 is 1.73 bits per heavy atom. The Morgan fingerprint density at radius 1 is 1.00 bits per heavy atom. The van der Waals surface area contributed by atoms with Gasteiger partial charge in [0.25, 0.3) is 5.56 Å². The number of nitrogens with zero attached hydrogens (tertiary/aromatic N) is 1. The van der Waals surface area contributed by atoms with Crippen molar-refractivity contribution >= 4 is 46.7 Å². The summed E-state index contributed by atoms with van der Waals surface area (Å²) in [5.74, 6) is -0.969. The standard InChI is InChI=1S/C27H23N5O4S/c1-36-17-13-11-16(12-14-17)28-27-31-24-23(26(35)32-27)19(15-22(33)30-24)25(34)29-20-9-5-6-10-21(20)37-18-7-3-2-4-8-18/h2-14,19H,15H2,1H3,(H,29,34)(H3,28,30,31,32,33,35). The van der Waals surface area contributed by atoms with Crippen LogP contribution in [0.15, 0.2) is 93.4 Å². The number of methoxy groups -OCH3 is 1. The lowest BCUT2D eigenvalue weighted by Gasteiger charge is -2.24. The molecule has 1 unspecified atom stereocenters. The van der Waals surface area contributed by atoms with E-state index in [2.05, 4.69) is 25.9 Å². The minimum absolute atomic E-state index is 0.0584. The minimum Gasteiger partial charge on any atom is -0.497 e. The molecule has 3 aromatic carbocycles. The molecule has 186 valence electrons. The fraction of sp³-hybridized carbons (Fsp3) is 0.111. The van der Waals surface area contributed by atoms with Gasteiger partial charge in [0.15, 0.2) is 0 Å². The molecule has 0 fully saturated rings. The molecule has 0 saturated heterocycles. The smallest absolute Gasteiger partial charge is 0.258 e. The molecular formula is C27H23N5O4S. The van der Waals surface area contributed by atoms with Crippen LogP contribution in [-0.4, -0.2) is 28.9 Å². The summed E-state index contributed by atoms with van der Waals surface area (Å²) in [5, 5.41) is 8.53.